The van der Waals surface area contributed by atoms with Gasteiger partial charge < -0.3 is 20.5 Å². The molecule has 0 spiro atoms. The van der Waals surface area contributed by atoms with Crippen LogP contribution in [0.5, 0.6) is 5.88 Å². The molecule has 3 N–H and O–H groups in total. The number of rotatable bonds is 7. The first-order valence-electron chi connectivity index (χ1n) is 12.2. The number of hydrogen-bond donors (Lipinski definition) is 2. The van der Waals surface area contributed by atoms with Gasteiger partial charge in [0.15, 0.2) is 0 Å². The summed E-state index contributed by atoms with van der Waals surface area (Å²) in [6.45, 7) is 4.28. The van der Waals surface area contributed by atoms with E-state index in [9.17, 15) is 4.79 Å². The molecule has 2 saturated carbocycles. The molecule has 6 rings (SSSR count). The number of ether oxygens (including phenoxy) is 2. The smallest absolute Gasteiger partial charge is 0.340 e. The highest BCUT2D eigenvalue weighted by atomic mass is 32.2. The van der Waals surface area contributed by atoms with Gasteiger partial charge in [0.2, 0.25) is 5.88 Å². The predicted octanol–water partition coefficient (Wildman–Crippen LogP) is 4.48. The molecule has 0 unspecified atom stereocenters. The Morgan fingerprint density at radius 3 is 2.71 bits per heavy atom. The minimum absolute atomic E-state index is 0.197. The second kappa shape index (κ2) is 8.64. The molecule has 9 heteroatoms. The highest BCUT2D eigenvalue weighted by Crippen LogP contribution is 2.45. The number of anilines is 2. The topological polar surface area (TPSA) is 112 Å². The number of nitrogens with zero attached hydrogens (tertiary/aromatic N) is 3. The lowest BCUT2D eigenvalue weighted by atomic mass is 9.92. The molecule has 3 aromatic heterocycles. The second-order valence-electron chi connectivity index (χ2n) is 10.2. The van der Waals surface area contributed by atoms with Crippen LogP contribution in [0.15, 0.2) is 30.6 Å². The van der Waals surface area contributed by atoms with Crippen LogP contribution in [0.1, 0.15) is 61.1 Å². The van der Waals surface area contributed by atoms with Gasteiger partial charge in [0.1, 0.15) is 17.7 Å². The number of carbonyl (C=O) groups is 1. The summed E-state index contributed by atoms with van der Waals surface area (Å²) >= 11 is 2.12. The van der Waals surface area contributed by atoms with Crippen LogP contribution in [-0.2, 0) is 16.7 Å². The van der Waals surface area contributed by atoms with Gasteiger partial charge in [-0.3, -0.25) is 0 Å². The number of nitrogens with two attached hydrogens (primary N) is 1. The minimum Gasteiger partial charge on any atom is -0.474 e. The Morgan fingerprint density at radius 2 is 1.94 bits per heavy atom. The Hall–Kier alpha value is -2.91. The predicted molar refractivity (Wildman–Crippen MR) is 136 cm³/mol. The summed E-state index contributed by atoms with van der Waals surface area (Å²) in [6, 6.07) is 5.47. The molecule has 0 saturated heterocycles. The molecule has 0 bridgehead atoms. The fraction of sp³-hybridized carbons (Fsp3) is 0.462. The first-order chi connectivity index (χ1) is 16.8. The van der Waals surface area contributed by atoms with Crippen LogP contribution in [0, 0.1) is 0 Å². The Labute approximate surface area is 208 Å². The largest absolute Gasteiger partial charge is 0.474 e. The van der Waals surface area contributed by atoms with Crippen LogP contribution >= 0.6 is 11.8 Å². The first-order valence-corrected chi connectivity index (χ1v) is 13.1. The van der Waals surface area contributed by atoms with Crippen molar-refractivity contribution in [1.29, 1.82) is 0 Å². The minimum atomic E-state index is -0.588. The molecule has 3 aliphatic rings. The van der Waals surface area contributed by atoms with E-state index in [1.807, 2.05) is 26.1 Å². The fourth-order valence-corrected chi connectivity index (χ4v) is 6.15. The maximum Gasteiger partial charge on any atom is 0.340 e. The van der Waals surface area contributed by atoms with Crippen LogP contribution in [0.25, 0.3) is 10.8 Å². The van der Waals surface area contributed by atoms with Crippen molar-refractivity contribution in [1.82, 2.24) is 15.0 Å². The van der Waals surface area contributed by atoms with E-state index in [1.54, 1.807) is 18.3 Å². The maximum atomic E-state index is 11.9. The van der Waals surface area contributed by atoms with Gasteiger partial charge in [0, 0.05) is 34.9 Å². The van der Waals surface area contributed by atoms with Crippen molar-refractivity contribution in [3.05, 3.63) is 47.4 Å². The van der Waals surface area contributed by atoms with Crippen LogP contribution in [0.4, 0.5) is 11.6 Å². The molecule has 0 amide bonds. The number of carbonyl (C=O) groups excluding carboxylic acids is 1. The van der Waals surface area contributed by atoms with Crippen molar-refractivity contribution >= 4 is 40.1 Å². The van der Waals surface area contributed by atoms with E-state index in [4.69, 9.17) is 15.2 Å². The van der Waals surface area contributed by atoms with Gasteiger partial charge in [-0.15, -0.1) is 0 Å². The molecule has 0 aromatic carbocycles. The third-order valence-corrected chi connectivity index (χ3v) is 8.32. The molecule has 0 atom stereocenters. The van der Waals surface area contributed by atoms with E-state index in [1.165, 1.54) is 12.8 Å². The maximum absolute atomic E-state index is 11.9. The van der Waals surface area contributed by atoms with Crippen molar-refractivity contribution in [3.63, 3.8) is 0 Å². The molecular formula is C26H29N5O3S. The molecule has 182 valence electrons. The van der Waals surface area contributed by atoms with Crippen LogP contribution in [-0.4, -0.2) is 44.1 Å². The number of fused-ring (bicyclic) bond motifs is 2. The van der Waals surface area contributed by atoms with E-state index < -0.39 is 5.54 Å². The molecule has 3 aromatic rings. The van der Waals surface area contributed by atoms with Gasteiger partial charge in [0.05, 0.1) is 23.3 Å². The van der Waals surface area contributed by atoms with Gasteiger partial charge in [-0.25, -0.2) is 19.7 Å². The number of thioether (sulfide) groups is 1. The van der Waals surface area contributed by atoms with Crippen LogP contribution < -0.4 is 15.8 Å². The van der Waals surface area contributed by atoms with E-state index in [0.29, 0.717) is 41.4 Å². The highest BCUT2D eigenvalue weighted by molar-refractivity contribution is 8.00. The van der Waals surface area contributed by atoms with Crippen LogP contribution in [0.3, 0.4) is 0 Å². The highest BCUT2D eigenvalue weighted by Gasteiger charge is 2.36. The molecule has 1 aliphatic heterocycles. The van der Waals surface area contributed by atoms with Gasteiger partial charge in [-0.2, -0.15) is 11.8 Å². The van der Waals surface area contributed by atoms with E-state index in [2.05, 4.69) is 32.0 Å². The molecule has 2 fully saturated rings. The van der Waals surface area contributed by atoms with Crippen molar-refractivity contribution in [2.75, 3.05) is 11.9 Å². The van der Waals surface area contributed by atoms with Gasteiger partial charge in [-0.05, 0) is 68.7 Å². The molecule has 4 heterocycles. The molecular weight excluding hydrogens is 462 g/mol. The lowest BCUT2D eigenvalue weighted by molar-refractivity contribution is 0.0477. The zero-order chi connectivity index (χ0) is 24.2. The Bertz CT molecular complexity index is 1300. The third kappa shape index (κ3) is 4.67. The van der Waals surface area contributed by atoms with Gasteiger partial charge in [-0.1, -0.05) is 0 Å². The van der Waals surface area contributed by atoms with Crippen molar-refractivity contribution in [2.24, 2.45) is 5.73 Å². The molecule has 8 nitrogen and oxygen atoms in total. The monoisotopic (exact) mass is 491 g/mol. The average molecular weight is 492 g/mol. The summed E-state index contributed by atoms with van der Waals surface area (Å²) in [5.74, 6) is 1.54. The number of pyridine rings is 3. The number of esters is 1. The summed E-state index contributed by atoms with van der Waals surface area (Å²) in [7, 11) is 0. The summed E-state index contributed by atoms with van der Waals surface area (Å²) in [4.78, 5) is 25.8. The van der Waals surface area contributed by atoms with Crippen molar-refractivity contribution in [3.8, 4) is 5.88 Å². The lowest BCUT2D eigenvalue weighted by Crippen LogP contribution is -2.36. The average Bonchev–Trinajstić information content (AvgIpc) is 3.61. The van der Waals surface area contributed by atoms with Gasteiger partial charge in [0.25, 0.3) is 0 Å². The van der Waals surface area contributed by atoms with Crippen LogP contribution in [0.2, 0.25) is 0 Å². The number of hydrogen-bond acceptors (Lipinski definition) is 9. The summed E-state index contributed by atoms with van der Waals surface area (Å²) < 4.78 is 11.4. The van der Waals surface area contributed by atoms with Crippen molar-refractivity contribution < 1.29 is 14.3 Å². The quantitative estimate of drug-likeness (QED) is 0.462. The van der Waals surface area contributed by atoms with E-state index >= 15 is 0 Å². The summed E-state index contributed by atoms with van der Waals surface area (Å²) in [5, 5.41) is 6.66. The van der Waals surface area contributed by atoms with Gasteiger partial charge >= 0.3 is 5.97 Å². The molecule has 0 radical (unpaired) electrons. The van der Waals surface area contributed by atoms with E-state index in [0.717, 1.165) is 40.1 Å². The SMILES string of the molecule is CC(C)(N)c1cnc(OC2CC(SC3CC3)C2)c2cnc(Nc3ccc4c(n3)CCOC4=O)cc12. The second-order valence-corrected chi connectivity index (χ2v) is 11.8. The Balaban J connectivity index is 1.27. The number of aromatic nitrogens is 3. The third-order valence-electron chi connectivity index (χ3n) is 6.69. The van der Waals surface area contributed by atoms with Crippen molar-refractivity contribution in [2.45, 2.75) is 68.1 Å². The molecule has 2 aliphatic carbocycles. The Morgan fingerprint density at radius 1 is 1.11 bits per heavy atom. The summed E-state index contributed by atoms with van der Waals surface area (Å²) in [5.41, 5.74) is 8.07. The lowest BCUT2D eigenvalue weighted by Gasteiger charge is -2.35. The number of nitrogens with one attached hydrogen (secondary N) is 1. The first kappa shape index (κ1) is 22.5. The standard InChI is InChI=1S/C26H29N5O3S/c1-26(2,27)20-13-29-24(34-14-9-16(10-14)35-15-3-4-15)19-12-28-23(11-18(19)20)31-22-6-5-17-21(30-22)7-8-33-25(17)32/h5-6,11-16H,3-4,7-10,27H2,1-2H3,(H,28,30,31). The number of cyclic esters (lactones) is 1. The summed E-state index contributed by atoms with van der Waals surface area (Å²) in [6.07, 6.45) is 9.27. The Kier molecular flexibility index (Phi) is 5.56. The normalized spacial score (nSPS) is 21.7. The zero-order valence-corrected chi connectivity index (χ0v) is 20.7. The molecule has 35 heavy (non-hydrogen) atoms. The van der Waals surface area contributed by atoms with E-state index in [-0.39, 0.29) is 12.1 Å². The zero-order valence-electron chi connectivity index (χ0n) is 19.9. The fourth-order valence-electron chi connectivity index (χ4n) is 4.54.